The Balaban J connectivity index is -0.0000000718. The third-order valence-electron chi connectivity index (χ3n) is 0.827. The number of rotatable bonds is 3. The third kappa shape index (κ3) is 23.0. The topological polar surface area (TPSA) is 91.7 Å². The molecule has 0 bridgehead atoms. The van der Waals surface area contributed by atoms with Gasteiger partial charge in [-0.05, 0) is 13.3 Å². The maximum absolute atomic E-state index is 9.79. The van der Waals surface area contributed by atoms with Gasteiger partial charge in [0.15, 0.2) is 0 Å². The first kappa shape index (κ1) is 20.2. The summed E-state index contributed by atoms with van der Waals surface area (Å²) >= 11 is 0. The second-order valence-corrected chi connectivity index (χ2v) is 3.94. The quantitative estimate of drug-likeness (QED) is 0.345. The van der Waals surface area contributed by atoms with Crippen LogP contribution in [-0.4, -0.2) is 29.8 Å². The van der Waals surface area contributed by atoms with Crippen LogP contribution in [0.15, 0.2) is 12.2 Å². The van der Waals surface area contributed by atoms with Gasteiger partial charge in [-0.3, -0.25) is 4.55 Å². The normalized spacial score (nSPS) is 9.07. The number of aliphatic carboxylic acids is 1. The van der Waals surface area contributed by atoms with Crippen LogP contribution in [0.2, 0.25) is 0 Å². The van der Waals surface area contributed by atoms with Gasteiger partial charge in [0.05, 0.1) is 5.75 Å². The smallest absolute Gasteiger partial charge is 1.00 e. The van der Waals surface area contributed by atoms with Crippen LogP contribution in [0.25, 0.3) is 0 Å². The van der Waals surface area contributed by atoms with Gasteiger partial charge in [0.1, 0.15) is 0 Å². The summed E-state index contributed by atoms with van der Waals surface area (Å²) in [5.41, 5.74) is 0.176. The van der Waals surface area contributed by atoms with E-state index in [1.54, 1.807) is 6.92 Å². The van der Waals surface area contributed by atoms with E-state index in [1.807, 2.05) is 0 Å². The van der Waals surface area contributed by atoms with E-state index in [2.05, 4.69) is 6.58 Å². The summed E-state index contributed by atoms with van der Waals surface area (Å²) in [6.45, 7) is 6.29. The monoisotopic (exact) mass is 250 g/mol. The van der Waals surface area contributed by atoms with E-state index in [0.717, 1.165) is 0 Å². The molecule has 0 saturated heterocycles. The zero-order chi connectivity index (χ0) is 11.1. The van der Waals surface area contributed by atoms with Crippen LogP contribution < -0.4 is 51.4 Å². The van der Waals surface area contributed by atoms with E-state index < -0.39 is 16.1 Å². The molecule has 0 atom stereocenters. The first-order valence-corrected chi connectivity index (χ1v) is 5.15. The van der Waals surface area contributed by atoms with Crippen molar-refractivity contribution in [2.24, 2.45) is 0 Å². The number of carbonyl (C=O) groups is 1. The van der Waals surface area contributed by atoms with Crippen molar-refractivity contribution in [2.75, 3.05) is 5.75 Å². The molecule has 0 radical (unpaired) electrons. The van der Waals surface area contributed by atoms with Crippen molar-refractivity contribution in [3.05, 3.63) is 12.2 Å². The minimum absolute atomic E-state index is 0. The maximum Gasteiger partial charge on any atom is 1.00 e. The fourth-order valence-electron chi connectivity index (χ4n) is 0.258. The van der Waals surface area contributed by atoms with Gasteiger partial charge in [0.2, 0.25) is 0 Å². The van der Waals surface area contributed by atoms with E-state index in [4.69, 9.17) is 9.66 Å². The Morgan fingerprint density at radius 2 is 1.79 bits per heavy atom. The average Bonchev–Trinajstić information content (AvgIpc) is 1.85. The van der Waals surface area contributed by atoms with Crippen molar-refractivity contribution >= 4 is 16.1 Å². The molecule has 0 rings (SSSR count). The van der Waals surface area contributed by atoms with E-state index in [0.29, 0.717) is 6.42 Å². The molecule has 0 spiro atoms. The van der Waals surface area contributed by atoms with Gasteiger partial charge in [0, 0.05) is 5.57 Å². The fraction of sp³-hybridized carbons (Fsp3) is 0.571. The maximum atomic E-state index is 9.79. The van der Waals surface area contributed by atoms with Crippen LogP contribution in [0.3, 0.4) is 0 Å². The number of hydrogen-bond donors (Lipinski definition) is 2. The Kier molecular flexibility index (Phi) is 14.8. The Bertz CT molecular complexity index is 263. The van der Waals surface area contributed by atoms with Crippen LogP contribution in [0.1, 0.15) is 21.7 Å². The van der Waals surface area contributed by atoms with Gasteiger partial charge in [-0.2, -0.15) is 8.42 Å². The minimum atomic E-state index is -3.67. The minimum Gasteiger partial charge on any atom is -1.00 e. The van der Waals surface area contributed by atoms with Crippen molar-refractivity contribution in [1.82, 2.24) is 0 Å². The molecule has 0 saturated carbocycles. The Hall–Kier alpha value is 0.756. The number of carboxylic acid groups (broad SMARTS) is 1. The molecule has 7 heteroatoms. The summed E-state index contributed by atoms with van der Waals surface area (Å²) in [6.07, 6.45) is 0.471. The predicted octanol–water partition coefficient (Wildman–Crippen LogP) is -1.95. The van der Waals surface area contributed by atoms with Crippen LogP contribution in [0.4, 0.5) is 0 Å². The molecular formula is C7H15KO5S. The van der Waals surface area contributed by atoms with Crippen molar-refractivity contribution in [3.63, 3.8) is 0 Å². The molecule has 0 aliphatic carbocycles. The zero-order valence-corrected chi connectivity index (χ0v) is 12.6. The summed E-state index contributed by atoms with van der Waals surface area (Å²) in [5, 5.41) is 7.89. The van der Waals surface area contributed by atoms with Crippen molar-refractivity contribution < 1.29 is 75.7 Å². The van der Waals surface area contributed by atoms with Crippen LogP contribution in [0, 0.1) is 0 Å². The van der Waals surface area contributed by atoms with E-state index in [9.17, 15) is 13.2 Å². The molecule has 0 heterocycles. The largest absolute Gasteiger partial charge is 1.00 e. The molecule has 0 fully saturated rings. The molecule has 0 aromatic carbocycles. The zero-order valence-electron chi connectivity index (χ0n) is 9.65. The molecule has 0 aliphatic rings. The van der Waals surface area contributed by atoms with Gasteiger partial charge in [0.25, 0.3) is 10.1 Å². The molecule has 14 heavy (non-hydrogen) atoms. The second kappa shape index (κ2) is 10.3. The molecule has 0 amide bonds. The number of carboxylic acids is 1. The molecule has 0 aliphatic heterocycles. The summed E-state index contributed by atoms with van der Waals surface area (Å²) in [4.78, 5) is 9.60. The Morgan fingerprint density at radius 1 is 1.50 bits per heavy atom. The first-order chi connectivity index (χ1) is 5.70. The van der Waals surface area contributed by atoms with Crippen LogP contribution in [0.5, 0.6) is 0 Å². The molecular weight excluding hydrogens is 235 g/mol. The molecule has 2 N–H and O–H groups in total. The van der Waals surface area contributed by atoms with Crippen molar-refractivity contribution in [3.8, 4) is 0 Å². The van der Waals surface area contributed by atoms with Gasteiger partial charge >= 0.3 is 57.4 Å². The summed E-state index contributed by atoms with van der Waals surface area (Å²) < 4.78 is 27.6. The summed E-state index contributed by atoms with van der Waals surface area (Å²) in [6, 6.07) is 0. The molecule has 0 aromatic rings. The van der Waals surface area contributed by atoms with Crippen LogP contribution in [-0.2, 0) is 14.9 Å². The van der Waals surface area contributed by atoms with Gasteiger partial charge < -0.3 is 6.53 Å². The predicted molar refractivity (Wildman–Crippen MR) is 50.3 cm³/mol. The SMILES string of the molecule is C=C(C)C(=O)O.CCCS(=O)(=O)O.[H-].[K+]. The summed E-state index contributed by atoms with van der Waals surface area (Å²) in [5.74, 6) is -1.07. The second-order valence-electron chi connectivity index (χ2n) is 2.37. The Labute approximate surface area is 128 Å². The third-order valence-corrected chi connectivity index (χ3v) is 1.75. The summed E-state index contributed by atoms with van der Waals surface area (Å²) in [7, 11) is -3.67. The van der Waals surface area contributed by atoms with Crippen molar-refractivity contribution in [1.29, 1.82) is 0 Å². The van der Waals surface area contributed by atoms with Crippen molar-refractivity contribution in [2.45, 2.75) is 20.3 Å². The molecule has 0 unspecified atom stereocenters. The standard InChI is InChI=1S/C4H6O2.C3H8O3S.K.H/c1-3(2)4(5)6;1-2-3-7(4,5)6;;/h1H2,2H3,(H,5,6);2-3H2,1H3,(H,4,5,6);;/q;;+1;-1. The van der Waals surface area contributed by atoms with Gasteiger partial charge in [-0.1, -0.05) is 13.5 Å². The Morgan fingerprint density at radius 3 is 1.79 bits per heavy atom. The average molecular weight is 250 g/mol. The van der Waals surface area contributed by atoms with Gasteiger partial charge in [-0.15, -0.1) is 0 Å². The van der Waals surface area contributed by atoms with Gasteiger partial charge in [-0.25, -0.2) is 4.79 Å². The van der Waals surface area contributed by atoms with E-state index in [-0.39, 0.29) is 64.1 Å². The fourth-order valence-corrected chi connectivity index (χ4v) is 0.774. The molecule has 0 aromatic heterocycles. The molecule has 5 nitrogen and oxygen atoms in total. The van der Waals surface area contributed by atoms with E-state index >= 15 is 0 Å². The first-order valence-electron chi connectivity index (χ1n) is 3.54. The molecule has 80 valence electrons. The van der Waals surface area contributed by atoms with E-state index in [1.165, 1.54) is 6.92 Å². The number of hydrogen-bond acceptors (Lipinski definition) is 3. The van der Waals surface area contributed by atoms with Crippen LogP contribution >= 0.6 is 0 Å².